The minimum atomic E-state index is -0.0318. The molecule has 0 unspecified atom stereocenters. The molecule has 0 atom stereocenters. The number of nitrogens with one attached hydrogen (secondary N) is 3. The first-order chi connectivity index (χ1) is 10.2. The third kappa shape index (κ3) is 3.59. The van der Waals surface area contributed by atoms with E-state index in [1.165, 1.54) is 0 Å². The standard InChI is InChI=1S/C13H21N7O/c1-4-6-15-9(21)7-20(3)12-10-11(17-8-16-10)18-13(19-12)14-5-2/h8H,4-7H2,1-3H3,(H,15,21)(H2,14,16,17,18,19). The second kappa shape index (κ2) is 6.87. The number of likely N-dealkylation sites (N-methyl/N-ethyl adjacent to an activating group) is 1. The molecule has 0 fully saturated rings. The Hall–Kier alpha value is -2.38. The van der Waals surface area contributed by atoms with Crippen LogP contribution in [0.3, 0.4) is 0 Å². The Bertz CT molecular complexity index is 610. The summed E-state index contributed by atoms with van der Waals surface area (Å²) in [6.07, 6.45) is 2.49. The van der Waals surface area contributed by atoms with Crippen molar-refractivity contribution in [2.75, 3.05) is 36.9 Å². The second-order valence-corrected chi connectivity index (χ2v) is 4.71. The summed E-state index contributed by atoms with van der Waals surface area (Å²) in [6, 6.07) is 0. The zero-order valence-corrected chi connectivity index (χ0v) is 12.6. The maximum atomic E-state index is 11.8. The van der Waals surface area contributed by atoms with Crippen molar-refractivity contribution in [3.8, 4) is 0 Å². The van der Waals surface area contributed by atoms with Crippen LogP contribution in [0.5, 0.6) is 0 Å². The van der Waals surface area contributed by atoms with Crippen LogP contribution in [0.1, 0.15) is 20.3 Å². The second-order valence-electron chi connectivity index (χ2n) is 4.71. The van der Waals surface area contributed by atoms with E-state index in [2.05, 4.69) is 30.6 Å². The molecule has 21 heavy (non-hydrogen) atoms. The molecule has 0 aliphatic heterocycles. The monoisotopic (exact) mass is 291 g/mol. The number of carbonyl (C=O) groups excluding carboxylic acids is 1. The number of rotatable bonds is 7. The van der Waals surface area contributed by atoms with E-state index >= 15 is 0 Å². The van der Waals surface area contributed by atoms with Gasteiger partial charge in [0.2, 0.25) is 11.9 Å². The van der Waals surface area contributed by atoms with Gasteiger partial charge in [0.25, 0.3) is 0 Å². The number of aromatic nitrogens is 4. The zero-order chi connectivity index (χ0) is 15.2. The number of H-pyrrole nitrogens is 1. The molecular weight excluding hydrogens is 270 g/mol. The van der Waals surface area contributed by atoms with Crippen LogP contribution in [0.2, 0.25) is 0 Å². The van der Waals surface area contributed by atoms with E-state index in [9.17, 15) is 4.79 Å². The maximum Gasteiger partial charge on any atom is 0.239 e. The lowest BCUT2D eigenvalue weighted by Crippen LogP contribution is -2.36. The third-order valence-electron chi connectivity index (χ3n) is 2.92. The summed E-state index contributed by atoms with van der Waals surface area (Å²) in [7, 11) is 1.82. The van der Waals surface area contributed by atoms with Gasteiger partial charge in [0.05, 0.1) is 12.9 Å². The number of nitrogens with zero attached hydrogens (tertiary/aromatic N) is 4. The highest BCUT2D eigenvalue weighted by atomic mass is 16.2. The number of carbonyl (C=O) groups is 1. The largest absolute Gasteiger partial charge is 0.355 e. The Morgan fingerprint density at radius 3 is 2.90 bits per heavy atom. The number of amides is 1. The lowest BCUT2D eigenvalue weighted by atomic mass is 10.4. The molecule has 0 bridgehead atoms. The Balaban J connectivity index is 2.22. The summed E-state index contributed by atoms with van der Waals surface area (Å²) in [5, 5.41) is 5.92. The fourth-order valence-electron chi connectivity index (χ4n) is 1.94. The minimum absolute atomic E-state index is 0.0318. The first-order valence-corrected chi connectivity index (χ1v) is 7.08. The molecule has 1 amide bonds. The van der Waals surface area contributed by atoms with Crippen molar-refractivity contribution < 1.29 is 4.79 Å². The summed E-state index contributed by atoms with van der Waals surface area (Å²) in [5.74, 6) is 1.13. The van der Waals surface area contributed by atoms with Crippen molar-refractivity contribution in [3.63, 3.8) is 0 Å². The number of imidazole rings is 1. The van der Waals surface area contributed by atoms with Gasteiger partial charge in [0.1, 0.15) is 5.52 Å². The van der Waals surface area contributed by atoms with Crippen molar-refractivity contribution in [1.29, 1.82) is 0 Å². The molecule has 0 spiro atoms. The van der Waals surface area contributed by atoms with Gasteiger partial charge in [-0.15, -0.1) is 0 Å². The average molecular weight is 291 g/mol. The molecule has 0 aliphatic rings. The van der Waals surface area contributed by atoms with Gasteiger partial charge in [-0.25, -0.2) is 4.98 Å². The van der Waals surface area contributed by atoms with Gasteiger partial charge in [0, 0.05) is 20.1 Å². The molecule has 2 rings (SSSR count). The highest BCUT2D eigenvalue weighted by Gasteiger charge is 2.15. The Kier molecular flexibility index (Phi) is 4.91. The molecule has 3 N–H and O–H groups in total. The first kappa shape index (κ1) is 15.0. The van der Waals surface area contributed by atoms with Crippen LogP contribution in [-0.4, -0.2) is 52.5 Å². The molecule has 0 radical (unpaired) electrons. The summed E-state index contributed by atoms with van der Waals surface area (Å²) in [4.78, 5) is 29.5. The minimum Gasteiger partial charge on any atom is -0.355 e. The van der Waals surface area contributed by atoms with Crippen LogP contribution < -0.4 is 15.5 Å². The van der Waals surface area contributed by atoms with Crippen LogP contribution in [0.4, 0.5) is 11.8 Å². The van der Waals surface area contributed by atoms with E-state index in [-0.39, 0.29) is 12.5 Å². The lowest BCUT2D eigenvalue weighted by molar-refractivity contribution is -0.119. The number of aromatic amines is 1. The van der Waals surface area contributed by atoms with Gasteiger partial charge in [-0.05, 0) is 13.3 Å². The Morgan fingerprint density at radius 1 is 1.38 bits per heavy atom. The van der Waals surface area contributed by atoms with E-state index < -0.39 is 0 Å². The fourth-order valence-corrected chi connectivity index (χ4v) is 1.94. The van der Waals surface area contributed by atoms with Crippen LogP contribution in [0.15, 0.2) is 6.33 Å². The van der Waals surface area contributed by atoms with Crippen molar-refractivity contribution in [2.24, 2.45) is 0 Å². The molecule has 8 heteroatoms. The average Bonchev–Trinajstić information content (AvgIpc) is 2.92. The van der Waals surface area contributed by atoms with Crippen LogP contribution in [0, 0.1) is 0 Å². The molecule has 2 aromatic heterocycles. The quantitative estimate of drug-likeness (QED) is 0.696. The first-order valence-electron chi connectivity index (χ1n) is 7.08. The van der Waals surface area contributed by atoms with Crippen LogP contribution >= 0.6 is 0 Å². The van der Waals surface area contributed by atoms with E-state index in [1.54, 1.807) is 11.2 Å². The van der Waals surface area contributed by atoms with Gasteiger partial charge < -0.3 is 20.5 Å². The van der Waals surface area contributed by atoms with Crippen molar-refractivity contribution in [2.45, 2.75) is 20.3 Å². The number of fused-ring (bicyclic) bond motifs is 1. The SMILES string of the molecule is CCCNC(=O)CN(C)c1nc(NCC)nc2nc[nH]c12. The lowest BCUT2D eigenvalue weighted by Gasteiger charge is -2.18. The maximum absolute atomic E-state index is 11.8. The van der Waals surface area contributed by atoms with Gasteiger partial charge >= 0.3 is 0 Å². The molecule has 2 heterocycles. The van der Waals surface area contributed by atoms with Crippen molar-refractivity contribution in [1.82, 2.24) is 25.3 Å². The fraction of sp³-hybridized carbons (Fsp3) is 0.538. The molecule has 114 valence electrons. The van der Waals surface area contributed by atoms with Gasteiger partial charge in [-0.3, -0.25) is 4.79 Å². The molecule has 0 saturated carbocycles. The number of hydrogen-bond donors (Lipinski definition) is 3. The van der Waals surface area contributed by atoms with Crippen molar-refractivity contribution in [3.05, 3.63) is 6.33 Å². The van der Waals surface area contributed by atoms with Crippen LogP contribution in [-0.2, 0) is 4.79 Å². The zero-order valence-electron chi connectivity index (χ0n) is 12.6. The highest BCUT2D eigenvalue weighted by Crippen LogP contribution is 2.21. The van der Waals surface area contributed by atoms with Crippen molar-refractivity contribution >= 4 is 28.8 Å². The highest BCUT2D eigenvalue weighted by molar-refractivity contribution is 5.87. The number of anilines is 2. The molecule has 2 aromatic rings. The van der Waals surface area contributed by atoms with Crippen LogP contribution in [0.25, 0.3) is 11.2 Å². The predicted octanol–water partition coefficient (Wildman–Crippen LogP) is 0.747. The van der Waals surface area contributed by atoms with E-state index in [4.69, 9.17) is 0 Å². The topological polar surface area (TPSA) is 98.8 Å². The summed E-state index contributed by atoms with van der Waals surface area (Å²) in [5.41, 5.74) is 1.30. The summed E-state index contributed by atoms with van der Waals surface area (Å²) < 4.78 is 0. The normalized spacial score (nSPS) is 10.6. The van der Waals surface area contributed by atoms with Gasteiger partial charge in [-0.2, -0.15) is 9.97 Å². The predicted molar refractivity (Wildman–Crippen MR) is 82.4 cm³/mol. The summed E-state index contributed by atoms with van der Waals surface area (Å²) in [6.45, 7) is 5.62. The Labute approximate surface area is 123 Å². The van der Waals surface area contributed by atoms with Gasteiger partial charge in [0.15, 0.2) is 11.5 Å². The van der Waals surface area contributed by atoms with E-state index in [0.717, 1.165) is 18.5 Å². The molecule has 0 aromatic carbocycles. The summed E-state index contributed by atoms with van der Waals surface area (Å²) >= 11 is 0. The third-order valence-corrected chi connectivity index (χ3v) is 2.92. The Morgan fingerprint density at radius 2 is 2.19 bits per heavy atom. The van der Waals surface area contributed by atoms with E-state index in [0.29, 0.717) is 24.0 Å². The number of hydrogen-bond acceptors (Lipinski definition) is 6. The van der Waals surface area contributed by atoms with E-state index in [1.807, 2.05) is 20.9 Å². The molecule has 8 nitrogen and oxygen atoms in total. The molecular formula is C13H21N7O. The van der Waals surface area contributed by atoms with Gasteiger partial charge in [-0.1, -0.05) is 6.92 Å². The molecule has 0 aliphatic carbocycles. The molecule has 0 saturated heterocycles. The smallest absolute Gasteiger partial charge is 0.239 e.